The van der Waals surface area contributed by atoms with Crippen LogP contribution in [-0.4, -0.2) is 16.0 Å². The van der Waals surface area contributed by atoms with Crippen molar-refractivity contribution >= 4 is 32.9 Å². The van der Waals surface area contributed by atoms with Crippen molar-refractivity contribution in [1.82, 2.24) is 10.3 Å². The summed E-state index contributed by atoms with van der Waals surface area (Å²) in [5.74, 6) is -1.20. The van der Waals surface area contributed by atoms with Gasteiger partial charge in [-0.1, -0.05) is 28.1 Å². The minimum absolute atomic E-state index is 0.0703. The fourth-order valence-electron chi connectivity index (χ4n) is 2.09. The van der Waals surface area contributed by atoms with Gasteiger partial charge in [0, 0.05) is 17.2 Å². The Morgan fingerprint density at radius 2 is 2.00 bits per heavy atom. The number of benzene rings is 1. The molecule has 116 valence electrons. The Bertz CT molecular complexity index is 935. The molecule has 0 aliphatic carbocycles. The van der Waals surface area contributed by atoms with Gasteiger partial charge >= 0.3 is 5.63 Å². The number of hydrogen-bond donors (Lipinski definition) is 2. The number of carbonyl (C=O) groups is 1. The number of nitrogens with zero attached hydrogens (tertiary/aromatic N) is 1. The summed E-state index contributed by atoms with van der Waals surface area (Å²) in [5, 5.41) is 12.7. The summed E-state index contributed by atoms with van der Waals surface area (Å²) in [6.07, 6.45) is 1.44. The first-order valence-electron chi connectivity index (χ1n) is 6.69. The molecule has 0 fully saturated rings. The lowest BCUT2D eigenvalue weighted by atomic mass is 10.2. The maximum absolute atomic E-state index is 12.2. The van der Waals surface area contributed by atoms with Crippen LogP contribution in [0.3, 0.4) is 0 Å². The third kappa shape index (κ3) is 3.09. The quantitative estimate of drug-likeness (QED) is 0.734. The van der Waals surface area contributed by atoms with E-state index < -0.39 is 22.8 Å². The number of amides is 1. The van der Waals surface area contributed by atoms with Gasteiger partial charge in [-0.3, -0.25) is 4.79 Å². The van der Waals surface area contributed by atoms with E-state index in [-0.39, 0.29) is 17.6 Å². The van der Waals surface area contributed by atoms with Crippen molar-refractivity contribution in [2.75, 3.05) is 0 Å². The first-order valence-corrected chi connectivity index (χ1v) is 7.49. The number of aromatic hydroxyl groups is 1. The SMILES string of the molecule is O=C(NCc1ccc(Br)cc1)c1c(O)c2ncccc2oc1=O. The Morgan fingerprint density at radius 1 is 1.26 bits per heavy atom. The molecule has 0 atom stereocenters. The van der Waals surface area contributed by atoms with Crippen LogP contribution < -0.4 is 10.9 Å². The number of aromatic nitrogens is 1. The number of pyridine rings is 1. The van der Waals surface area contributed by atoms with Crippen molar-refractivity contribution < 1.29 is 14.3 Å². The van der Waals surface area contributed by atoms with Crippen LogP contribution in [0, 0.1) is 0 Å². The van der Waals surface area contributed by atoms with Gasteiger partial charge in [0.2, 0.25) is 0 Å². The van der Waals surface area contributed by atoms with E-state index in [2.05, 4.69) is 26.2 Å². The molecular weight excluding hydrogens is 364 g/mol. The lowest BCUT2D eigenvalue weighted by Crippen LogP contribution is -2.28. The van der Waals surface area contributed by atoms with Crippen molar-refractivity contribution in [3.8, 4) is 5.75 Å². The summed E-state index contributed by atoms with van der Waals surface area (Å²) < 4.78 is 5.94. The predicted molar refractivity (Wildman–Crippen MR) is 87.3 cm³/mol. The Hall–Kier alpha value is -2.67. The molecule has 2 heterocycles. The predicted octanol–water partition coefficient (Wildman–Crippen LogP) is 2.59. The van der Waals surface area contributed by atoms with Crippen molar-refractivity contribution in [2.24, 2.45) is 0 Å². The first-order chi connectivity index (χ1) is 11.1. The molecule has 7 heteroatoms. The Balaban J connectivity index is 1.89. The van der Waals surface area contributed by atoms with Crippen LogP contribution in [0.5, 0.6) is 5.75 Å². The van der Waals surface area contributed by atoms with Crippen LogP contribution in [0.1, 0.15) is 15.9 Å². The molecule has 2 aromatic heterocycles. The van der Waals surface area contributed by atoms with Gasteiger partial charge in [-0.05, 0) is 29.8 Å². The summed E-state index contributed by atoms with van der Waals surface area (Å²) in [7, 11) is 0. The number of rotatable bonds is 3. The smallest absolute Gasteiger partial charge is 0.353 e. The first kappa shape index (κ1) is 15.2. The number of hydrogen-bond acceptors (Lipinski definition) is 5. The minimum atomic E-state index is -0.906. The number of halogens is 1. The molecule has 1 aromatic carbocycles. The molecule has 0 aliphatic heterocycles. The van der Waals surface area contributed by atoms with E-state index in [1.807, 2.05) is 24.3 Å². The van der Waals surface area contributed by atoms with Gasteiger partial charge in [-0.15, -0.1) is 0 Å². The molecule has 23 heavy (non-hydrogen) atoms. The number of fused-ring (bicyclic) bond motifs is 1. The third-order valence-corrected chi connectivity index (χ3v) is 3.76. The molecule has 0 saturated carbocycles. The lowest BCUT2D eigenvalue weighted by Gasteiger charge is -2.07. The summed E-state index contributed by atoms with van der Waals surface area (Å²) in [5.41, 5.74) is -0.311. The summed E-state index contributed by atoms with van der Waals surface area (Å²) in [6.45, 7) is 0.214. The van der Waals surface area contributed by atoms with E-state index in [1.165, 1.54) is 12.3 Å². The van der Waals surface area contributed by atoms with Crippen LogP contribution in [0.4, 0.5) is 0 Å². The molecule has 0 spiro atoms. The van der Waals surface area contributed by atoms with Gasteiger partial charge in [-0.25, -0.2) is 9.78 Å². The van der Waals surface area contributed by atoms with Crippen molar-refractivity contribution in [1.29, 1.82) is 0 Å². The average molecular weight is 375 g/mol. The van der Waals surface area contributed by atoms with Gasteiger partial charge in [0.25, 0.3) is 5.91 Å². The van der Waals surface area contributed by atoms with Gasteiger partial charge in [0.1, 0.15) is 5.52 Å². The van der Waals surface area contributed by atoms with Crippen LogP contribution in [-0.2, 0) is 6.54 Å². The maximum Gasteiger partial charge on any atom is 0.353 e. The van der Waals surface area contributed by atoms with Gasteiger partial charge in [-0.2, -0.15) is 0 Å². The minimum Gasteiger partial charge on any atom is -0.505 e. The standard InChI is InChI=1S/C16H11BrN2O4/c17-10-5-3-9(4-6-10)8-19-15(21)12-14(20)13-11(23-16(12)22)2-1-7-18-13/h1-7,20H,8H2,(H,19,21). The topological polar surface area (TPSA) is 92.4 Å². The Labute approximate surface area is 138 Å². The van der Waals surface area contributed by atoms with Gasteiger partial charge in [0.05, 0.1) is 0 Å². The largest absolute Gasteiger partial charge is 0.505 e. The Kier molecular flexibility index (Phi) is 4.12. The average Bonchev–Trinajstić information content (AvgIpc) is 2.54. The van der Waals surface area contributed by atoms with E-state index in [0.717, 1.165) is 10.0 Å². The molecule has 0 aliphatic rings. The molecule has 2 N–H and O–H groups in total. The van der Waals surface area contributed by atoms with E-state index in [9.17, 15) is 14.7 Å². The lowest BCUT2D eigenvalue weighted by molar-refractivity contribution is 0.0944. The van der Waals surface area contributed by atoms with Gasteiger partial charge in [0.15, 0.2) is 16.9 Å². The highest BCUT2D eigenvalue weighted by atomic mass is 79.9. The summed E-state index contributed by atoms with van der Waals surface area (Å²) >= 11 is 3.32. The van der Waals surface area contributed by atoms with Crippen molar-refractivity contribution in [3.63, 3.8) is 0 Å². The van der Waals surface area contributed by atoms with Crippen molar-refractivity contribution in [2.45, 2.75) is 6.54 Å². The highest BCUT2D eigenvalue weighted by Gasteiger charge is 2.21. The number of carbonyl (C=O) groups excluding carboxylic acids is 1. The van der Waals surface area contributed by atoms with Crippen LogP contribution >= 0.6 is 15.9 Å². The van der Waals surface area contributed by atoms with Crippen LogP contribution in [0.25, 0.3) is 11.1 Å². The molecule has 0 bridgehead atoms. The van der Waals surface area contributed by atoms with Crippen molar-refractivity contribution in [3.05, 3.63) is 68.6 Å². The zero-order valence-corrected chi connectivity index (χ0v) is 13.3. The van der Waals surface area contributed by atoms with E-state index in [4.69, 9.17) is 4.42 Å². The van der Waals surface area contributed by atoms with Gasteiger partial charge < -0.3 is 14.8 Å². The molecule has 1 amide bonds. The molecule has 3 aromatic rings. The fraction of sp³-hybridized carbons (Fsp3) is 0.0625. The van der Waals surface area contributed by atoms with Crippen LogP contribution in [0.2, 0.25) is 0 Å². The fourth-order valence-corrected chi connectivity index (χ4v) is 2.35. The van der Waals surface area contributed by atoms with E-state index >= 15 is 0 Å². The van der Waals surface area contributed by atoms with Crippen LogP contribution in [0.15, 0.2) is 56.3 Å². The van der Waals surface area contributed by atoms with E-state index in [0.29, 0.717) is 0 Å². The van der Waals surface area contributed by atoms with E-state index in [1.54, 1.807) is 6.07 Å². The zero-order valence-electron chi connectivity index (χ0n) is 11.7. The normalized spacial score (nSPS) is 10.7. The second-order valence-corrected chi connectivity index (χ2v) is 5.69. The summed E-state index contributed by atoms with van der Waals surface area (Å²) in [4.78, 5) is 28.1. The molecular formula is C16H11BrN2O4. The zero-order chi connectivity index (χ0) is 16.4. The number of nitrogens with one attached hydrogen (secondary N) is 1. The highest BCUT2D eigenvalue weighted by molar-refractivity contribution is 9.10. The third-order valence-electron chi connectivity index (χ3n) is 3.23. The Morgan fingerprint density at radius 3 is 2.74 bits per heavy atom. The monoisotopic (exact) mass is 374 g/mol. The summed E-state index contributed by atoms with van der Waals surface area (Å²) in [6, 6.07) is 10.4. The second-order valence-electron chi connectivity index (χ2n) is 4.77. The molecule has 3 rings (SSSR count). The molecule has 6 nitrogen and oxygen atoms in total. The maximum atomic E-state index is 12.2. The molecule has 0 unspecified atom stereocenters. The molecule has 0 saturated heterocycles. The molecule has 0 radical (unpaired) electrons. The highest BCUT2D eigenvalue weighted by Crippen LogP contribution is 2.23. The second kappa shape index (κ2) is 6.21.